The second kappa shape index (κ2) is 11.1. The van der Waals surface area contributed by atoms with Gasteiger partial charge in [-0.05, 0) is 43.6 Å². The van der Waals surface area contributed by atoms with Crippen LogP contribution >= 0.6 is 11.8 Å². The summed E-state index contributed by atoms with van der Waals surface area (Å²) in [5, 5.41) is 14.5. The summed E-state index contributed by atoms with van der Waals surface area (Å²) in [5.74, 6) is -0.984. The van der Waals surface area contributed by atoms with Gasteiger partial charge in [0.2, 0.25) is 18.2 Å². The molecule has 1 saturated heterocycles. The van der Waals surface area contributed by atoms with Crippen LogP contribution in [0.2, 0.25) is 0 Å². The minimum absolute atomic E-state index is 0.138. The van der Waals surface area contributed by atoms with Crippen LogP contribution in [0.15, 0.2) is 0 Å². The highest BCUT2D eigenvalue weighted by atomic mass is 32.2. The second-order valence-corrected chi connectivity index (χ2v) is 7.82. The summed E-state index contributed by atoms with van der Waals surface area (Å²) < 4.78 is 0. The summed E-state index contributed by atoms with van der Waals surface area (Å²) in [6.45, 7) is 4.24. The van der Waals surface area contributed by atoms with Crippen molar-refractivity contribution in [1.82, 2.24) is 15.5 Å². The third kappa shape index (κ3) is 6.51. The Kier molecular flexibility index (Phi) is 9.47. The second-order valence-electron chi connectivity index (χ2n) is 6.84. The van der Waals surface area contributed by atoms with E-state index in [4.69, 9.17) is 0 Å². The first-order valence-electron chi connectivity index (χ1n) is 8.84. The van der Waals surface area contributed by atoms with Crippen molar-refractivity contribution in [2.24, 2.45) is 5.92 Å². The third-order valence-corrected chi connectivity index (χ3v) is 4.98. The summed E-state index contributed by atoms with van der Waals surface area (Å²) in [5.41, 5.74) is 0. The van der Waals surface area contributed by atoms with E-state index in [-0.39, 0.29) is 11.8 Å². The van der Waals surface area contributed by atoms with E-state index >= 15 is 0 Å². The van der Waals surface area contributed by atoms with Crippen molar-refractivity contribution in [2.75, 3.05) is 18.6 Å². The van der Waals surface area contributed by atoms with Crippen LogP contribution in [0.5, 0.6) is 0 Å². The molecule has 0 aromatic rings. The Hall–Kier alpha value is -1.77. The van der Waals surface area contributed by atoms with E-state index in [0.717, 1.165) is 0 Å². The SMILES string of the molecule is CSCC[C@H](NC=O)C(=O)N[C@@H](CC(C)C)C(=O)N1CCC[C@H]1C(=O)O. The predicted octanol–water partition coefficient (Wildman–Crippen LogP) is 0.461. The van der Waals surface area contributed by atoms with E-state index in [1.165, 1.54) is 4.90 Å². The number of carboxylic acid groups (broad SMARTS) is 1. The lowest BCUT2D eigenvalue weighted by molar-refractivity contribution is -0.149. The molecule has 1 aliphatic heterocycles. The number of thioether (sulfide) groups is 1. The molecule has 0 radical (unpaired) electrons. The molecule has 148 valence electrons. The van der Waals surface area contributed by atoms with E-state index in [0.29, 0.717) is 44.4 Å². The molecule has 0 unspecified atom stereocenters. The Morgan fingerprint density at radius 2 is 2.00 bits per heavy atom. The molecule has 1 aliphatic rings. The molecule has 0 saturated carbocycles. The van der Waals surface area contributed by atoms with Crippen molar-refractivity contribution in [3.05, 3.63) is 0 Å². The molecule has 9 heteroatoms. The minimum Gasteiger partial charge on any atom is -0.480 e. The molecule has 26 heavy (non-hydrogen) atoms. The lowest BCUT2D eigenvalue weighted by Gasteiger charge is -2.29. The summed E-state index contributed by atoms with van der Waals surface area (Å²) in [4.78, 5) is 48.9. The van der Waals surface area contributed by atoms with Gasteiger partial charge in [-0.3, -0.25) is 14.4 Å². The van der Waals surface area contributed by atoms with Gasteiger partial charge in [-0.15, -0.1) is 0 Å². The van der Waals surface area contributed by atoms with Crippen LogP contribution in [-0.2, 0) is 19.2 Å². The quantitative estimate of drug-likeness (QED) is 0.444. The van der Waals surface area contributed by atoms with Crippen LogP contribution in [0.4, 0.5) is 0 Å². The zero-order chi connectivity index (χ0) is 19.7. The molecule has 1 rings (SSSR count). The first kappa shape index (κ1) is 22.3. The maximum atomic E-state index is 12.9. The Labute approximate surface area is 158 Å². The molecular weight excluding hydrogens is 358 g/mol. The van der Waals surface area contributed by atoms with Gasteiger partial charge in [0.1, 0.15) is 18.1 Å². The lowest BCUT2D eigenvalue weighted by atomic mass is 10.0. The van der Waals surface area contributed by atoms with Gasteiger partial charge in [0.25, 0.3) is 0 Å². The molecule has 0 aliphatic carbocycles. The maximum absolute atomic E-state index is 12.9. The van der Waals surface area contributed by atoms with Crippen molar-refractivity contribution in [3.63, 3.8) is 0 Å². The zero-order valence-corrected chi connectivity index (χ0v) is 16.4. The highest BCUT2D eigenvalue weighted by Crippen LogP contribution is 2.20. The number of hydrogen-bond acceptors (Lipinski definition) is 5. The van der Waals surface area contributed by atoms with Crippen LogP contribution < -0.4 is 10.6 Å². The smallest absolute Gasteiger partial charge is 0.326 e. The molecule has 0 bridgehead atoms. The lowest BCUT2D eigenvalue weighted by Crippen LogP contribution is -2.55. The van der Waals surface area contributed by atoms with Crippen LogP contribution in [-0.4, -0.2) is 70.9 Å². The molecule has 3 N–H and O–H groups in total. The maximum Gasteiger partial charge on any atom is 0.326 e. The van der Waals surface area contributed by atoms with E-state index in [1.54, 1.807) is 11.8 Å². The largest absolute Gasteiger partial charge is 0.480 e. The molecular formula is C17H29N3O5S. The van der Waals surface area contributed by atoms with E-state index in [2.05, 4.69) is 10.6 Å². The number of aliphatic carboxylic acids is 1. The number of rotatable bonds is 11. The summed E-state index contributed by atoms with van der Waals surface area (Å²) in [7, 11) is 0. The van der Waals surface area contributed by atoms with Crippen molar-refractivity contribution in [2.45, 2.75) is 57.7 Å². The van der Waals surface area contributed by atoms with Crippen molar-refractivity contribution >= 4 is 36.0 Å². The molecule has 3 amide bonds. The summed E-state index contributed by atoms with van der Waals surface area (Å²) in [6, 6.07) is -2.35. The van der Waals surface area contributed by atoms with Gasteiger partial charge in [-0.1, -0.05) is 13.8 Å². The van der Waals surface area contributed by atoms with E-state index < -0.39 is 30.0 Å². The summed E-state index contributed by atoms with van der Waals surface area (Å²) >= 11 is 1.56. The van der Waals surface area contributed by atoms with Gasteiger partial charge >= 0.3 is 5.97 Å². The van der Waals surface area contributed by atoms with Crippen LogP contribution in [0.25, 0.3) is 0 Å². The highest BCUT2D eigenvalue weighted by Gasteiger charge is 2.38. The van der Waals surface area contributed by atoms with Crippen molar-refractivity contribution < 1.29 is 24.3 Å². The Bertz CT molecular complexity index is 515. The minimum atomic E-state index is -1.02. The Morgan fingerprint density at radius 1 is 1.31 bits per heavy atom. The van der Waals surface area contributed by atoms with Crippen molar-refractivity contribution in [3.8, 4) is 0 Å². The molecule has 1 heterocycles. The molecule has 0 aromatic heterocycles. The number of hydrogen-bond donors (Lipinski definition) is 3. The molecule has 1 fully saturated rings. The van der Waals surface area contributed by atoms with Gasteiger partial charge in [0, 0.05) is 6.54 Å². The fourth-order valence-corrected chi connectivity index (χ4v) is 3.53. The molecule has 0 spiro atoms. The molecule has 3 atom stereocenters. The van der Waals surface area contributed by atoms with Gasteiger partial charge in [0.15, 0.2) is 0 Å². The number of nitrogens with zero attached hydrogens (tertiary/aromatic N) is 1. The highest BCUT2D eigenvalue weighted by molar-refractivity contribution is 7.98. The average Bonchev–Trinajstić information content (AvgIpc) is 3.06. The third-order valence-electron chi connectivity index (χ3n) is 4.34. The van der Waals surface area contributed by atoms with E-state index in [9.17, 15) is 24.3 Å². The summed E-state index contributed by atoms with van der Waals surface area (Å²) in [6.07, 6.45) is 4.30. The Morgan fingerprint density at radius 3 is 2.54 bits per heavy atom. The van der Waals surface area contributed by atoms with Crippen LogP contribution in [0.3, 0.4) is 0 Å². The number of likely N-dealkylation sites (tertiary alicyclic amines) is 1. The van der Waals surface area contributed by atoms with Gasteiger partial charge in [0.05, 0.1) is 0 Å². The zero-order valence-electron chi connectivity index (χ0n) is 15.6. The van der Waals surface area contributed by atoms with E-state index in [1.807, 2.05) is 20.1 Å². The molecule has 0 aromatic carbocycles. The average molecular weight is 388 g/mol. The first-order valence-corrected chi connectivity index (χ1v) is 10.2. The number of carboxylic acids is 1. The fraction of sp³-hybridized carbons (Fsp3) is 0.765. The number of carbonyl (C=O) groups excluding carboxylic acids is 3. The van der Waals surface area contributed by atoms with Crippen LogP contribution in [0.1, 0.15) is 39.5 Å². The number of nitrogens with one attached hydrogen (secondary N) is 2. The normalized spacial score (nSPS) is 19.1. The van der Waals surface area contributed by atoms with Crippen LogP contribution in [0, 0.1) is 5.92 Å². The number of amides is 3. The standard InChI is InChI=1S/C17H29N3O5S/c1-11(2)9-13(16(23)20-7-4-5-14(20)17(24)25)19-15(22)12(18-10-21)6-8-26-3/h10-14H,4-9H2,1-3H3,(H,18,21)(H,19,22)(H,24,25)/t12-,13-,14-/m0/s1. The monoisotopic (exact) mass is 387 g/mol. The van der Waals surface area contributed by atoms with Gasteiger partial charge < -0.3 is 20.6 Å². The molecule has 8 nitrogen and oxygen atoms in total. The Balaban J connectivity index is 2.87. The van der Waals surface area contributed by atoms with Crippen molar-refractivity contribution in [1.29, 1.82) is 0 Å². The first-order chi connectivity index (χ1) is 12.3. The predicted molar refractivity (Wildman–Crippen MR) is 99.7 cm³/mol. The number of carbonyl (C=O) groups is 4. The van der Waals surface area contributed by atoms with Gasteiger partial charge in [-0.2, -0.15) is 11.8 Å². The fourth-order valence-electron chi connectivity index (χ4n) is 3.06. The topological polar surface area (TPSA) is 116 Å². The van der Waals surface area contributed by atoms with Gasteiger partial charge in [-0.25, -0.2) is 4.79 Å².